The molecule has 6 heteroatoms. The normalized spacial score (nSPS) is 11.6. The number of nitrogens with zero attached hydrogens (tertiary/aromatic N) is 1. The van der Waals surface area contributed by atoms with Crippen molar-refractivity contribution in [2.24, 2.45) is 0 Å². The molecule has 0 aliphatic rings. The second-order valence-corrected chi connectivity index (χ2v) is 5.59. The minimum Gasteiger partial charge on any atom is -0.481 e. The Morgan fingerprint density at radius 2 is 1.83 bits per heavy atom. The molecule has 2 N–H and O–H groups in total. The van der Waals surface area contributed by atoms with Gasteiger partial charge in [0.25, 0.3) is 5.91 Å². The molecule has 0 bridgehead atoms. The Morgan fingerprint density at radius 1 is 1.17 bits per heavy atom. The van der Waals surface area contributed by atoms with Gasteiger partial charge in [-0.05, 0) is 23.8 Å². The highest BCUT2D eigenvalue weighted by Gasteiger charge is 2.20. The van der Waals surface area contributed by atoms with Crippen LogP contribution >= 0.6 is 0 Å². The molecule has 1 atom stereocenters. The first-order valence-corrected chi connectivity index (χ1v) is 7.43. The van der Waals surface area contributed by atoms with Crippen LogP contribution in [0.4, 0.5) is 10.1 Å². The van der Waals surface area contributed by atoms with Crippen LogP contribution < -0.4 is 10.2 Å². The van der Waals surface area contributed by atoms with Crippen molar-refractivity contribution in [3.63, 3.8) is 0 Å². The maximum atomic E-state index is 14.2. The van der Waals surface area contributed by atoms with E-state index in [2.05, 4.69) is 5.32 Å². The van der Waals surface area contributed by atoms with Crippen molar-refractivity contribution in [3.05, 3.63) is 65.5 Å². The summed E-state index contributed by atoms with van der Waals surface area (Å²) in [6.07, 6.45) is -0.285. The number of halogens is 1. The van der Waals surface area contributed by atoms with E-state index in [1.165, 1.54) is 12.1 Å². The largest absolute Gasteiger partial charge is 0.481 e. The third-order valence-electron chi connectivity index (χ3n) is 3.60. The van der Waals surface area contributed by atoms with Crippen LogP contribution in [0.25, 0.3) is 0 Å². The molecule has 0 radical (unpaired) electrons. The molecule has 0 saturated carbocycles. The highest BCUT2D eigenvalue weighted by molar-refractivity contribution is 5.95. The van der Waals surface area contributed by atoms with Gasteiger partial charge in [0.15, 0.2) is 0 Å². The van der Waals surface area contributed by atoms with E-state index in [1.807, 2.05) is 0 Å². The predicted octanol–water partition coefficient (Wildman–Crippen LogP) is 2.84. The molecule has 5 nitrogen and oxygen atoms in total. The molecule has 0 saturated heterocycles. The average molecular weight is 330 g/mol. The van der Waals surface area contributed by atoms with Crippen molar-refractivity contribution in [3.8, 4) is 0 Å². The first-order valence-electron chi connectivity index (χ1n) is 7.43. The van der Waals surface area contributed by atoms with E-state index in [0.29, 0.717) is 11.3 Å². The third kappa shape index (κ3) is 4.32. The van der Waals surface area contributed by atoms with Gasteiger partial charge < -0.3 is 15.3 Å². The van der Waals surface area contributed by atoms with Crippen molar-refractivity contribution in [2.75, 3.05) is 19.0 Å². The lowest BCUT2D eigenvalue weighted by Gasteiger charge is -2.18. The number of benzene rings is 2. The van der Waals surface area contributed by atoms with E-state index < -0.39 is 23.7 Å². The molecule has 126 valence electrons. The average Bonchev–Trinajstić information content (AvgIpc) is 2.54. The van der Waals surface area contributed by atoms with Gasteiger partial charge in [0.2, 0.25) is 0 Å². The van der Waals surface area contributed by atoms with Crippen molar-refractivity contribution in [2.45, 2.75) is 12.5 Å². The second-order valence-electron chi connectivity index (χ2n) is 5.59. The van der Waals surface area contributed by atoms with Crippen LogP contribution in [0, 0.1) is 5.82 Å². The van der Waals surface area contributed by atoms with Crippen LogP contribution in [0.2, 0.25) is 0 Å². The van der Waals surface area contributed by atoms with Crippen LogP contribution in [0.1, 0.15) is 28.4 Å². The summed E-state index contributed by atoms with van der Waals surface area (Å²) in [4.78, 5) is 25.1. The summed E-state index contributed by atoms with van der Waals surface area (Å²) >= 11 is 0. The van der Waals surface area contributed by atoms with Gasteiger partial charge in [0, 0.05) is 19.8 Å². The van der Waals surface area contributed by atoms with Crippen LogP contribution in [0.5, 0.6) is 0 Å². The lowest BCUT2D eigenvalue weighted by molar-refractivity contribution is -0.137. The molecule has 0 spiro atoms. The number of anilines is 1. The van der Waals surface area contributed by atoms with E-state index in [0.717, 1.165) is 0 Å². The standard InChI is InChI=1S/C18H19FN2O3/c1-21(2)13-8-9-14(15(19)10-13)18(24)20-16(11-17(22)23)12-6-4-3-5-7-12/h3-10,16H,11H2,1-2H3,(H,20,24)(H,22,23)/t16-/m0/s1. The summed E-state index contributed by atoms with van der Waals surface area (Å²) in [6.45, 7) is 0. The van der Waals surface area contributed by atoms with E-state index >= 15 is 0 Å². The van der Waals surface area contributed by atoms with Gasteiger partial charge in [0.1, 0.15) is 5.82 Å². The lowest BCUT2D eigenvalue weighted by Crippen LogP contribution is -2.30. The number of hydrogen-bond acceptors (Lipinski definition) is 3. The summed E-state index contributed by atoms with van der Waals surface area (Å²) in [5.41, 5.74) is 1.17. The molecule has 0 aliphatic carbocycles. The van der Waals surface area contributed by atoms with Gasteiger partial charge >= 0.3 is 5.97 Å². The number of carboxylic acid groups (broad SMARTS) is 1. The minimum absolute atomic E-state index is 0.119. The Morgan fingerprint density at radius 3 is 2.38 bits per heavy atom. The molecule has 0 fully saturated rings. The topological polar surface area (TPSA) is 69.6 Å². The monoisotopic (exact) mass is 330 g/mol. The summed E-state index contributed by atoms with van der Waals surface area (Å²) in [5, 5.41) is 11.6. The molecule has 2 rings (SSSR count). The van der Waals surface area contributed by atoms with Gasteiger partial charge in [-0.2, -0.15) is 0 Å². The number of hydrogen-bond donors (Lipinski definition) is 2. The SMILES string of the molecule is CN(C)c1ccc(C(=O)N[C@@H](CC(=O)O)c2ccccc2)c(F)c1. The molecule has 0 heterocycles. The van der Waals surface area contributed by atoms with E-state index in [4.69, 9.17) is 5.11 Å². The first-order chi connectivity index (χ1) is 11.4. The maximum absolute atomic E-state index is 14.2. The predicted molar refractivity (Wildman–Crippen MR) is 89.6 cm³/mol. The quantitative estimate of drug-likeness (QED) is 0.854. The third-order valence-corrected chi connectivity index (χ3v) is 3.60. The molecule has 2 aromatic carbocycles. The maximum Gasteiger partial charge on any atom is 0.305 e. The van der Waals surface area contributed by atoms with Gasteiger partial charge in [-0.25, -0.2) is 4.39 Å². The van der Waals surface area contributed by atoms with E-state index in [9.17, 15) is 14.0 Å². The number of rotatable bonds is 6. The summed E-state index contributed by atoms with van der Waals surface area (Å²) in [7, 11) is 3.54. The molecule has 2 aromatic rings. The van der Waals surface area contributed by atoms with Crippen molar-refractivity contribution in [1.29, 1.82) is 0 Å². The lowest BCUT2D eigenvalue weighted by atomic mass is 10.0. The number of carbonyl (C=O) groups is 2. The minimum atomic E-state index is -1.05. The van der Waals surface area contributed by atoms with Crippen LogP contribution in [-0.2, 0) is 4.79 Å². The zero-order chi connectivity index (χ0) is 17.7. The summed E-state index contributed by atoms with van der Waals surface area (Å²) in [6, 6.07) is 12.3. The zero-order valence-electron chi connectivity index (χ0n) is 13.5. The summed E-state index contributed by atoms with van der Waals surface area (Å²) in [5.74, 6) is -2.35. The molecule has 0 aromatic heterocycles. The molecular weight excluding hydrogens is 311 g/mol. The molecule has 0 aliphatic heterocycles. The second kappa shape index (κ2) is 7.59. The summed E-state index contributed by atoms with van der Waals surface area (Å²) < 4.78 is 14.2. The fourth-order valence-electron chi connectivity index (χ4n) is 2.31. The zero-order valence-corrected chi connectivity index (χ0v) is 13.5. The number of carbonyl (C=O) groups excluding carboxylic acids is 1. The van der Waals surface area contributed by atoms with Crippen molar-refractivity contribution >= 4 is 17.6 Å². The Hall–Kier alpha value is -2.89. The van der Waals surface area contributed by atoms with Gasteiger partial charge in [0.05, 0.1) is 18.0 Å². The highest BCUT2D eigenvalue weighted by Crippen LogP contribution is 2.20. The van der Waals surface area contributed by atoms with Gasteiger partial charge in [-0.15, -0.1) is 0 Å². The van der Waals surface area contributed by atoms with Crippen LogP contribution in [0.15, 0.2) is 48.5 Å². The Kier molecular flexibility index (Phi) is 5.52. The molecule has 24 heavy (non-hydrogen) atoms. The van der Waals surface area contributed by atoms with E-state index in [-0.39, 0.29) is 12.0 Å². The van der Waals surface area contributed by atoms with Gasteiger partial charge in [-0.3, -0.25) is 9.59 Å². The fourth-order valence-corrected chi connectivity index (χ4v) is 2.31. The molecule has 1 amide bonds. The number of carboxylic acids is 1. The highest BCUT2D eigenvalue weighted by atomic mass is 19.1. The number of amides is 1. The smallest absolute Gasteiger partial charge is 0.305 e. The van der Waals surface area contributed by atoms with Crippen molar-refractivity contribution in [1.82, 2.24) is 5.32 Å². The van der Waals surface area contributed by atoms with Crippen molar-refractivity contribution < 1.29 is 19.1 Å². The number of nitrogens with one attached hydrogen (secondary N) is 1. The van der Waals surface area contributed by atoms with Crippen LogP contribution in [0.3, 0.4) is 0 Å². The molecular formula is C18H19FN2O3. The number of aliphatic carboxylic acids is 1. The van der Waals surface area contributed by atoms with Crippen LogP contribution in [-0.4, -0.2) is 31.1 Å². The fraction of sp³-hybridized carbons (Fsp3) is 0.222. The molecule has 0 unspecified atom stereocenters. The Balaban J connectivity index is 2.23. The van der Waals surface area contributed by atoms with Gasteiger partial charge in [-0.1, -0.05) is 30.3 Å². The Bertz CT molecular complexity index is 732. The Labute approximate surface area is 139 Å². The first kappa shape index (κ1) is 17.5. The van der Waals surface area contributed by atoms with E-state index in [1.54, 1.807) is 55.4 Å².